The minimum Gasteiger partial charge on any atom is -0.257 e. The standard InChI is InChI=1S/C22H28N3/c1-16-12-17(2)22(18(3)13-16)25-15-24(14-19-8-6-7-11-23-19)20-9-4-5-10-21(20)25/h6-8,11-13,15,20-21H,4-5,9-10,14H2,1-3H3/q+1/t20-,21?/m1/s1. The van der Waals surface area contributed by atoms with Gasteiger partial charge < -0.3 is 0 Å². The van der Waals surface area contributed by atoms with Crippen LogP contribution in [0.3, 0.4) is 0 Å². The molecule has 0 bridgehead atoms. The molecule has 0 amide bonds. The van der Waals surface area contributed by atoms with Crippen molar-refractivity contribution in [3.8, 4) is 0 Å². The highest BCUT2D eigenvalue weighted by Crippen LogP contribution is 2.36. The number of pyridine rings is 1. The summed E-state index contributed by atoms with van der Waals surface area (Å²) in [5.41, 5.74) is 6.69. The van der Waals surface area contributed by atoms with Gasteiger partial charge in [-0.05, 0) is 69.7 Å². The van der Waals surface area contributed by atoms with Gasteiger partial charge in [0, 0.05) is 6.20 Å². The molecule has 3 nitrogen and oxygen atoms in total. The van der Waals surface area contributed by atoms with Crippen molar-refractivity contribution in [1.29, 1.82) is 0 Å². The molecule has 130 valence electrons. The van der Waals surface area contributed by atoms with Crippen LogP contribution in [0.2, 0.25) is 0 Å². The molecule has 1 aromatic carbocycles. The molecule has 0 saturated heterocycles. The number of fused-ring (bicyclic) bond motifs is 1. The van der Waals surface area contributed by atoms with Gasteiger partial charge in [0.25, 0.3) is 0 Å². The molecule has 25 heavy (non-hydrogen) atoms. The van der Waals surface area contributed by atoms with Gasteiger partial charge in [0.2, 0.25) is 6.34 Å². The SMILES string of the molecule is Cc1cc(C)c(N2C=[N+](Cc3ccccn3)[C@@H]3CCCCC32)c(C)c1. The Bertz CT molecular complexity index is 771. The van der Waals surface area contributed by atoms with E-state index in [0.717, 1.165) is 12.2 Å². The third kappa shape index (κ3) is 3.08. The van der Waals surface area contributed by atoms with Crippen LogP contribution in [0, 0.1) is 20.8 Å². The highest BCUT2D eigenvalue weighted by Gasteiger charge is 2.44. The van der Waals surface area contributed by atoms with Crippen molar-refractivity contribution in [3.05, 3.63) is 58.9 Å². The number of benzene rings is 1. The molecule has 0 radical (unpaired) electrons. The molecule has 2 aliphatic rings. The summed E-state index contributed by atoms with van der Waals surface area (Å²) in [6.45, 7) is 7.60. The van der Waals surface area contributed by atoms with Gasteiger partial charge in [-0.1, -0.05) is 23.8 Å². The summed E-state index contributed by atoms with van der Waals surface area (Å²) in [4.78, 5) is 7.11. The van der Waals surface area contributed by atoms with E-state index >= 15 is 0 Å². The first-order valence-electron chi connectivity index (χ1n) is 9.50. The topological polar surface area (TPSA) is 19.1 Å². The molecular formula is C22H28N3+. The van der Waals surface area contributed by atoms with Crippen LogP contribution >= 0.6 is 0 Å². The van der Waals surface area contributed by atoms with E-state index in [4.69, 9.17) is 0 Å². The number of aryl methyl sites for hydroxylation is 3. The van der Waals surface area contributed by atoms with Crippen molar-refractivity contribution in [2.75, 3.05) is 4.90 Å². The summed E-state index contributed by atoms with van der Waals surface area (Å²) < 4.78 is 2.53. The molecule has 2 atom stereocenters. The van der Waals surface area contributed by atoms with Gasteiger partial charge in [-0.25, -0.2) is 4.90 Å². The monoisotopic (exact) mass is 334 g/mol. The van der Waals surface area contributed by atoms with Crippen LogP contribution in [-0.2, 0) is 6.54 Å². The Labute approximate surface area is 151 Å². The minimum atomic E-state index is 0.595. The lowest BCUT2D eigenvalue weighted by Crippen LogP contribution is -2.41. The summed E-state index contributed by atoms with van der Waals surface area (Å²) in [5, 5.41) is 0. The third-order valence-electron chi connectivity index (χ3n) is 5.71. The number of rotatable bonds is 3. The van der Waals surface area contributed by atoms with Crippen molar-refractivity contribution in [1.82, 2.24) is 4.98 Å². The average molecular weight is 334 g/mol. The van der Waals surface area contributed by atoms with Crippen LogP contribution in [0.1, 0.15) is 48.1 Å². The molecule has 3 heteroatoms. The molecule has 0 spiro atoms. The quantitative estimate of drug-likeness (QED) is 0.776. The van der Waals surface area contributed by atoms with E-state index in [1.165, 1.54) is 48.1 Å². The largest absolute Gasteiger partial charge is 0.257 e. The zero-order valence-electron chi connectivity index (χ0n) is 15.6. The van der Waals surface area contributed by atoms with Gasteiger partial charge in [0.1, 0.15) is 24.3 Å². The van der Waals surface area contributed by atoms with E-state index < -0.39 is 0 Å². The van der Waals surface area contributed by atoms with E-state index in [2.05, 4.69) is 65.8 Å². The van der Waals surface area contributed by atoms with Crippen molar-refractivity contribution in [3.63, 3.8) is 0 Å². The molecule has 4 rings (SSSR count). The van der Waals surface area contributed by atoms with Gasteiger partial charge in [-0.2, -0.15) is 0 Å². The second-order valence-electron chi connectivity index (χ2n) is 7.68. The Morgan fingerprint density at radius 2 is 1.84 bits per heavy atom. The Morgan fingerprint density at radius 3 is 2.56 bits per heavy atom. The summed E-state index contributed by atoms with van der Waals surface area (Å²) >= 11 is 0. The minimum absolute atomic E-state index is 0.595. The molecule has 1 unspecified atom stereocenters. The van der Waals surface area contributed by atoms with Crippen LogP contribution in [0.15, 0.2) is 36.5 Å². The molecule has 1 aromatic heterocycles. The molecule has 2 aromatic rings. The summed E-state index contributed by atoms with van der Waals surface area (Å²) in [6.07, 6.45) is 9.53. The van der Waals surface area contributed by atoms with Crippen molar-refractivity contribution >= 4 is 12.0 Å². The van der Waals surface area contributed by atoms with E-state index in [9.17, 15) is 0 Å². The van der Waals surface area contributed by atoms with Crippen LogP contribution in [-0.4, -0.2) is 28.0 Å². The maximum absolute atomic E-state index is 4.54. The first-order chi connectivity index (χ1) is 12.1. The summed E-state index contributed by atoms with van der Waals surface area (Å²) in [7, 11) is 0. The normalized spacial score (nSPS) is 22.7. The van der Waals surface area contributed by atoms with Crippen LogP contribution in [0.4, 0.5) is 5.69 Å². The second-order valence-corrected chi connectivity index (χ2v) is 7.68. The number of hydrogen-bond acceptors (Lipinski definition) is 2. The van der Waals surface area contributed by atoms with Gasteiger partial charge in [-0.3, -0.25) is 9.56 Å². The number of aromatic nitrogens is 1. The van der Waals surface area contributed by atoms with E-state index in [0.29, 0.717) is 12.1 Å². The lowest BCUT2D eigenvalue weighted by atomic mass is 9.89. The van der Waals surface area contributed by atoms with Gasteiger partial charge in [-0.15, -0.1) is 0 Å². The van der Waals surface area contributed by atoms with E-state index in [1.54, 1.807) is 0 Å². The lowest BCUT2D eigenvalue weighted by molar-refractivity contribution is -0.574. The maximum Gasteiger partial charge on any atom is 0.240 e. The summed E-state index contributed by atoms with van der Waals surface area (Å²) in [5.74, 6) is 0. The zero-order chi connectivity index (χ0) is 17.4. The second kappa shape index (κ2) is 6.62. The molecule has 1 saturated carbocycles. The predicted octanol–water partition coefficient (Wildman–Crippen LogP) is 4.38. The van der Waals surface area contributed by atoms with Crippen LogP contribution < -0.4 is 4.90 Å². The molecule has 1 fully saturated rings. The molecule has 1 aliphatic carbocycles. The van der Waals surface area contributed by atoms with E-state index in [-0.39, 0.29) is 0 Å². The first-order valence-corrected chi connectivity index (χ1v) is 9.50. The third-order valence-corrected chi connectivity index (χ3v) is 5.71. The molecule has 0 N–H and O–H groups in total. The smallest absolute Gasteiger partial charge is 0.240 e. The Balaban J connectivity index is 1.72. The number of hydrogen-bond donors (Lipinski definition) is 0. The number of nitrogens with zero attached hydrogens (tertiary/aromatic N) is 3. The fraction of sp³-hybridized carbons (Fsp3) is 0.455. The molecule has 2 heterocycles. The van der Waals surface area contributed by atoms with Gasteiger partial charge >= 0.3 is 0 Å². The molecular weight excluding hydrogens is 306 g/mol. The van der Waals surface area contributed by atoms with Crippen LogP contribution in [0.5, 0.6) is 0 Å². The summed E-state index contributed by atoms with van der Waals surface area (Å²) in [6, 6.07) is 12.0. The van der Waals surface area contributed by atoms with E-state index in [1.807, 2.05) is 12.3 Å². The van der Waals surface area contributed by atoms with Crippen molar-refractivity contribution < 1.29 is 4.58 Å². The van der Waals surface area contributed by atoms with Crippen molar-refractivity contribution in [2.24, 2.45) is 0 Å². The molecule has 1 aliphatic heterocycles. The lowest BCUT2D eigenvalue weighted by Gasteiger charge is -2.28. The number of anilines is 1. The Kier molecular flexibility index (Phi) is 4.32. The Morgan fingerprint density at radius 1 is 1.08 bits per heavy atom. The van der Waals surface area contributed by atoms with Gasteiger partial charge in [0.15, 0.2) is 0 Å². The average Bonchev–Trinajstić information content (AvgIpc) is 2.94. The Hall–Kier alpha value is -2.16. The van der Waals surface area contributed by atoms with Crippen molar-refractivity contribution in [2.45, 2.75) is 65.1 Å². The van der Waals surface area contributed by atoms with Crippen LogP contribution in [0.25, 0.3) is 0 Å². The maximum atomic E-state index is 4.54. The zero-order valence-corrected chi connectivity index (χ0v) is 15.6. The fourth-order valence-corrected chi connectivity index (χ4v) is 4.77. The predicted molar refractivity (Wildman–Crippen MR) is 103 cm³/mol. The highest BCUT2D eigenvalue weighted by molar-refractivity contribution is 5.82. The highest BCUT2D eigenvalue weighted by atomic mass is 15.3. The fourth-order valence-electron chi connectivity index (χ4n) is 4.77. The first kappa shape index (κ1) is 16.3. The van der Waals surface area contributed by atoms with Gasteiger partial charge in [0.05, 0.1) is 5.69 Å².